The molecule has 0 radical (unpaired) electrons. The van der Waals surface area contributed by atoms with Crippen LogP contribution in [0.3, 0.4) is 0 Å². The lowest BCUT2D eigenvalue weighted by molar-refractivity contribution is -0.125. The Morgan fingerprint density at radius 2 is 2.18 bits per heavy atom. The maximum atomic E-state index is 11.7. The Hall–Kier alpha value is -1.59. The van der Waals surface area contributed by atoms with Gasteiger partial charge in [0.15, 0.2) is 0 Å². The van der Waals surface area contributed by atoms with Gasteiger partial charge in [-0.25, -0.2) is 0 Å². The molecule has 0 saturated carbocycles. The maximum absolute atomic E-state index is 11.7. The predicted octanol–water partition coefficient (Wildman–Crippen LogP) is 0.916. The molecule has 0 heterocycles. The third-order valence-corrected chi connectivity index (χ3v) is 2.48. The summed E-state index contributed by atoms with van der Waals surface area (Å²) < 4.78 is 10.0. The molecule has 5 heteroatoms. The van der Waals surface area contributed by atoms with Gasteiger partial charge in [0.05, 0.1) is 7.11 Å². The van der Waals surface area contributed by atoms with Gasteiger partial charge < -0.3 is 20.5 Å². The van der Waals surface area contributed by atoms with Gasteiger partial charge in [-0.05, 0) is 30.7 Å². The molecule has 1 amide bonds. The topological polar surface area (TPSA) is 73.6 Å². The lowest BCUT2D eigenvalue weighted by Crippen LogP contribution is -2.36. The molecule has 0 saturated heterocycles. The number of rotatable bonds is 5. The normalized spacial score (nSPS) is 12.0. The van der Waals surface area contributed by atoms with Crippen LogP contribution in [0.1, 0.15) is 5.56 Å². The smallest absolute Gasteiger partial charge is 0.254 e. The van der Waals surface area contributed by atoms with E-state index in [2.05, 4.69) is 5.32 Å². The van der Waals surface area contributed by atoms with Crippen molar-refractivity contribution in [3.63, 3.8) is 0 Å². The minimum atomic E-state index is -0.628. The van der Waals surface area contributed by atoms with Gasteiger partial charge >= 0.3 is 0 Å². The molecule has 0 aromatic heterocycles. The Morgan fingerprint density at radius 3 is 2.65 bits per heavy atom. The van der Waals surface area contributed by atoms with Crippen molar-refractivity contribution in [1.82, 2.24) is 0 Å². The number of hydrogen-bond acceptors (Lipinski definition) is 4. The van der Waals surface area contributed by atoms with Crippen LogP contribution in [0.25, 0.3) is 0 Å². The Kier molecular flexibility index (Phi) is 4.93. The molecule has 1 unspecified atom stereocenters. The van der Waals surface area contributed by atoms with Crippen LogP contribution in [0.4, 0.5) is 5.69 Å². The second-order valence-corrected chi connectivity index (χ2v) is 3.63. The van der Waals surface area contributed by atoms with Crippen molar-refractivity contribution < 1.29 is 14.3 Å². The minimum Gasteiger partial charge on any atom is -0.497 e. The van der Waals surface area contributed by atoms with Crippen LogP contribution in [0, 0.1) is 6.92 Å². The van der Waals surface area contributed by atoms with Gasteiger partial charge in [-0.2, -0.15) is 0 Å². The molecule has 5 nitrogen and oxygen atoms in total. The van der Waals surface area contributed by atoms with Gasteiger partial charge in [0.1, 0.15) is 11.9 Å². The Balaban J connectivity index is 2.78. The number of hydrogen-bond donors (Lipinski definition) is 2. The molecule has 17 heavy (non-hydrogen) atoms. The first-order valence-corrected chi connectivity index (χ1v) is 5.30. The first kappa shape index (κ1) is 13.5. The Morgan fingerprint density at radius 1 is 1.47 bits per heavy atom. The number of nitrogens with two attached hydrogens (primary N) is 1. The first-order valence-electron chi connectivity index (χ1n) is 5.30. The highest BCUT2D eigenvalue weighted by molar-refractivity contribution is 5.95. The van der Waals surface area contributed by atoms with Crippen LogP contribution in [0.5, 0.6) is 5.75 Å². The molecule has 0 aliphatic carbocycles. The van der Waals surface area contributed by atoms with Crippen molar-refractivity contribution >= 4 is 11.6 Å². The number of carbonyl (C=O) groups excluding carboxylic acids is 1. The van der Waals surface area contributed by atoms with Crippen LogP contribution < -0.4 is 15.8 Å². The van der Waals surface area contributed by atoms with E-state index in [0.717, 1.165) is 17.0 Å². The highest BCUT2D eigenvalue weighted by atomic mass is 16.5. The third kappa shape index (κ3) is 3.44. The second-order valence-electron chi connectivity index (χ2n) is 3.63. The van der Waals surface area contributed by atoms with Crippen molar-refractivity contribution in [2.75, 3.05) is 26.1 Å². The number of anilines is 1. The van der Waals surface area contributed by atoms with E-state index in [1.54, 1.807) is 19.2 Å². The number of aryl methyl sites for hydroxylation is 1. The summed E-state index contributed by atoms with van der Waals surface area (Å²) in [5.74, 6) is 0.505. The fourth-order valence-corrected chi connectivity index (χ4v) is 1.43. The highest BCUT2D eigenvalue weighted by Gasteiger charge is 2.16. The van der Waals surface area contributed by atoms with Gasteiger partial charge in [-0.3, -0.25) is 4.79 Å². The minimum absolute atomic E-state index is 0.150. The van der Waals surface area contributed by atoms with Crippen LogP contribution in [-0.4, -0.2) is 32.8 Å². The van der Waals surface area contributed by atoms with E-state index in [4.69, 9.17) is 15.2 Å². The molecule has 3 N–H and O–H groups in total. The fourth-order valence-electron chi connectivity index (χ4n) is 1.43. The average molecular weight is 238 g/mol. The van der Waals surface area contributed by atoms with E-state index < -0.39 is 6.10 Å². The van der Waals surface area contributed by atoms with Gasteiger partial charge in [-0.15, -0.1) is 0 Å². The molecular formula is C12H18N2O3. The summed E-state index contributed by atoms with van der Waals surface area (Å²) in [5.41, 5.74) is 7.06. The van der Waals surface area contributed by atoms with Gasteiger partial charge in [0.2, 0.25) is 0 Å². The van der Waals surface area contributed by atoms with E-state index in [1.807, 2.05) is 13.0 Å². The Labute approximate surface area is 101 Å². The number of amides is 1. The first-order chi connectivity index (χ1) is 8.12. The third-order valence-electron chi connectivity index (χ3n) is 2.48. The van der Waals surface area contributed by atoms with Gasteiger partial charge in [0, 0.05) is 19.3 Å². The molecule has 0 spiro atoms. The number of carbonyl (C=O) groups is 1. The standard InChI is InChI=1S/C12H18N2O3/c1-8-6-9(16-2)4-5-10(8)14-12(15)11(7-13)17-3/h4-6,11H,7,13H2,1-3H3,(H,14,15). The number of methoxy groups -OCH3 is 2. The van der Waals surface area contributed by atoms with Crippen LogP contribution in [-0.2, 0) is 9.53 Å². The van der Waals surface area contributed by atoms with Crippen molar-refractivity contribution in [1.29, 1.82) is 0 Å². The van der Waals surface area contributed by atoms with E-state index >= 15 is 0 Å². The summed E-state index contributed by atoms with van der Waals surface area (Å²) in [5, 5.41) is 2.76. The molecule has 1 atom stereocenters. The molecule has 1 aromatic carbocycles. The SMILES string of the molecule is COc1ccc(NC(=O)C(CN)OC)c(C)c1. The second kappa shape index (κ2) is 6.22. The van der Waals surface area contributed by atoms with Crippen LogP contribution in [0.2, 0.25) is 0 Å². The molecule has 0 fully saturated rings. The summed E-state index contributed by atoms with van der Waals surface area (Å²) in [7, 11) is 3.06. The highest BCUT2D eigenvalue weighted by Crippen LogP contribution is 2.21. The molecule has 1 rings (SSSR count). The fraction of sp³-hybridized carbons (Fsp3) is 0.417. The van der Waals surface area contributed by atoms with Crippen molar-refractivity contribution in [2.24, 2.45) is 5.73 Å². The summed E-state index contributed by atoms with van der Waals surface area (Å²) in [6, 6.07) is 5.42. The van der Waals surface area contributed by atoms with E-state index in [9.17, 15) is 4.79 Å². The number of ether oxygens (including phenoxy) is 2. The monoisotopic (exact) mass is 238 g/mol. The lowest BCUT2D eigenvalue weighted by atomic mass is 10.2. The quantitative estimate of drug-likeness (QED) is 0.800. The molecule has 0 bridgehead atoms. The van der Waals surface area contributed by atoms with E-state index in [1.165, 1.54) is 7.11 Å². The largest absolute Gasteiger partial charge is 0.497 e. The predicted molar refractivity (Wildman–Crippen MR) is 66.2 cm³/mol. The summed E-state index contributed by atoms with van der Waals surface area (Å²) in [6.45, 7) is 2.04. The Bertz CT molecular complexity index is 389. The zero-order chi connectivity index (χ0) is 12.8. The van der Waals surface area contributed by atoms with Crippen LogP contribution in [0.15, 0.2) is 18.2 Å². The molecule has 94 valence electrons. The summed E-state index contributed by atoms with van der Waals surface area (Å²) in [6.07, 6.45) is -0.628. The number of benzene rings is 1. The van der Waals surface area contributed by atoms with Crippen molar-refractivity contribution in [3.8, 4) is 5.75 Å². The maximum Gasteiger partial charge on any atom is 0.254 e. The summed E-state index contributed by atoms with van der Waals surface area (Å²) in [4.78, 5) is 11.7. The number of nitrogens with one attached hydrogen (secondary N) is 1. The van der Waals surface area contributed by atoms with Crippen LogP contribution >= 0.6 is 0 Å². The average Bonchev–Trinajstić information content (AvgIpc) is 2.33. The van der Waals surface area contributed by atoms with E-state index in [0.29, 0.717) is 0 Å². The van der Waals surface area contributed by atoms with E-state index in [-0.39, 0.29) is 12.5 Å². The summed E-state index contributed by atoms with van der Waals surface area (Å²) >= 11 is 0. The van der Waals surface area contributed by atoms with Gasteiger partial charge in [0.25, 0.3) is 5.91 Å². The molecule has 0 aliphatic heterocycles. The van der Waals surface area contributed by atoms with Gasteiger partial charge in [-0.1, -0.05) is 0 Å². The molecule has 0 aliphatic rings. The molecule has 1 aromatic rings. The lowest BCUT2D eigenvalue weighted by Gasteiger charge is -2.14. The zero-order valence-electron chi connectivity index (χ0n) is 10.3. The van der Waals surface area contributed by atoms with Crippen molar-refractivity contribution in [2.45, 2.75) is 13.0 Å². The molecular weight excluding hydrogens is 220 g/mol. The van der Waals surface area contributed by atoms with Crippen molar-refractivity contribution in [3.05, 3.63) is 23.8 Å². The zero-order valence-corrected chi connectivity index (χ0v) is 10.3.